The monoisotopic (exact) mass is 483 g/mol. The van der Waals surface area contributed by atoms with Gasteiger partial charge in [0.25, 0.3) is 5.91 Å². The van der Waals surface area contributed by atoms with Crippen LogP contribution in [0.3, 0.4) is 0 Å². The number of fused-ring (bicyclic) bond motifs is 1. The van der Waals surface area contributed by atoms with Crippen molar-refractivity contribution in [3.05, 3.63) is 95.7 Å². The van der Waals surface area contributed by atoms with Crippen LogP contribution in [0.15, 0.2) is 78.9 Å². The van der Waals surface area contributed by atoms with Crippen LogP contribution in [-0.4, -0.2) is 59.9 Å². The van der Waals surface area contributed by atoms with Gasteiger partial charge in [0.2, 0.25) is 5.91 Å². The van der Waals surface area contributed by atoms with Crippen molar-refractivity contribution in [2.45, 2.75) is 19.0 Å². The number of amides is 2. The Morgan fingerprint density at radius 3 is 2.44 bits per heavy atom. The molecule has 0 aliphatic carbocycles. The molecule has 1 N–H and O–H groups in total. The van der Waals surface area contributed by atoms with Gasteiger partial charge in [0, 0.05) is 24.0 Å². The molecule has 5 rings (SSSR count). The average molecular weight is 484 g/mol. The molecular weight excluding hydrogens is 454 g/mol. The molecule has 0 saturated carbocycles. The molecule has 1 aromatic heterocycles. The molecule has 1 atom stereocenters. The number of aromatic amines is 1. The summed E-state index contributed by atoms with van der Waals surface area (Å²) in [5.74, 6) is 1.22. The summed E-state index contributed by atoms with van der Waals surface area (Å²) in [7, 11) is 3.25. The Labute approximate surface area is 210 Å². The van der Waals surface area contributed by atoms with Crippen LogP contribution >= 0.6 is 0 Å². The van der Waals surface area contributed by atoms with Crippen molar-refractivity contribution in [3.63, 3.8) is 0 Å². The number of carbonyl (C=O) groups excluding carboxylic acids is 2. The lowest BCUT2D eigenvalue weighted by Gasteiger charge is -2.41. The molecule has 2 heterocycles. The van der Waals surface area contributed by atoms with Gasteiger partial charge in [-0.3, -0.25) is 9.59 Å². The van der Waals surface area contributed by atoms with Gasteiger partial charge < -0.3 is 24.3 Å². The first kappa shape index (κ1) is 23.5. The van der Waals surface area contributed by atoms with Crippen LogP contribution in [0.2, 0.25) is 0 Å². The second kappa shape index (κ2) is 10.2. The SMILES string of the molecule is COc1cccc(CN2C(=O)CN(C(=O)c3cc4cc(OC)ccc4[nH]3)C[C@@H]2Cc2ccccc2)c1. The van der Waals surface area contributed by atoms with Gasteiger partial charge in [0.05, 0.1) is 20.3 Å². The van der Waals surface area contributed by atoms with Gasteiger partial charge in [-0.15, -0.1) is 0 Å². The third-order valence-electron chi connectivity index (χ3n) is 6.67. The highest BCUT2D eigenvalue weighted by atomic mass is 16.5. The minimum absolute atomic E-state index is 0.0345. The van der Waals surface area contributed by atoms with Gasteiger partial charge in [-0.1, -0.05) is 42.5 Å². The molecule has 184 valence electrons. The summed E-state index contributed by atoms with van der Waals surface area (Å²) in [6.45, 7) is 0.941. The van der Waals surface area contributed by atoms with Gasteiger partial charge in [-0.2, -0.15) is 0 Å². The highest BCUT2D eigenvalue weighted by Gasteiger charge is 2.35. The van der Waals surface area contributed by atoms with Crippen molar-refractivity contribution in [1.29, 1.82) is 0 Å². The van der Waals surface area contributed by atoms with Crippen LogP contribution in [0, 0.1) is 0 Å². The fraction of sp³-hybridized carbons (Fsp3) is 0.241. The molecule has 0 spiro atoms. The third-order valence-corrected chi connectivity index (χ3v) is 6.67. The number of ether oxygens (including phenoxy) is 2. The minimum Gasteiger partial charge on any atom is -0.497 e. The zero-order chi connectivity index (χ0) is 25.1. The van der Waals surface area contributed by atoms with Gasteiger partial charge in [-0.25, -0.2) is 0 Å². The van der Waals surface area contributed by atoms with E-state index in [4.69, 9.17) is 9.47 Å². The van der Waals surface area contributed by atoms with E-state index in [-0.39, 0.29) is 24.4 Å². The molecular formula is C29H29N3O4. The van der Waals surface area contributed by atoms with Gasteiger partial charge in [0.1, 0.15) is 23.7 Å². The highest BCUT2D eigenvalue weighted by Crippen LogP contribution is 2.25. The smallest absolute Gasteiger partial charge is 0.270 e. The van der Waals surface area contributed by atoms with Gasteiger partial charge in [-0.05, 0) is 53.9 Å². The number of hydrogen-bond donors (Lipinski definition) is 1. The lowest BCUT2D eigenvalue weighted by molar-refractivity contribution is -0.139. The first-order chi connectivity index (χ1) is 17.5. The van der Waals surface area contributed by atoms with E-state index in [0.29, 0.717) is 25.2 Å². The van der Waals surface area contributed by atoms with Crippen molar-refractivity contribution < 1.29 is 19.1 Å². The summed E-state index contributed by atoms with van der Waals surface area (Å²) >= 11 is 0. The van der Waals surface area contributed by atoms with Crippen LogP contribution in [0.25, 0.3) is 10.9 Å². The number of hydrogen-bond acceptors (Lipinski definition) is 4. The molecule has 3 aromatic carbocycles. The van der Waals surface area contributed by atoms with Crippen molar-refractivity contribution in [2.75, 3.05) is 27.3 Å². The first-order valence-electron chi connectivity index (χ1n) is 12.0. The Morgan fingerprint density at radius 2 is 1.67 bits per heavy atom. The Kier molecular flexibility index (Phi) is 6.62. The number of H-pyrrole nitrogens is 1. The van der Waals surface area contributed by atoms with E-state index in [1.807, 2.05) is 71.6 Å². The largest absolute Gasteiger partial charge is 0.497 e. The summed E-state index contributed by atoms with van der Waals surface area (Å²) in [4.78, 5) is 33.7. The molecule has 1 saturated heterocycles. The second-order valence-electron chi connectivity index (χ2n) is 9.04. The number of rotatable bonds is 7. The maximum atomic E-state index is 13.5. The van der Waals surface area contributed by atoms with Crippen LogP contribution < -0.4 is 9.47 Å². The van der Waals surface area contributed by atoms with E-state index in [9.17, 15) is 9.59 Å². The second-order valence-corrected chi connectivity index (χ2v) is 9.04. The maximum absolute atomic E-state index is 13.5. The van der Waals surface area contributed by atoms with E-state index in [1.165, 1.54) is 0 Å². The first-order valence-corrected chi connectivity index (χ1v) is 12.0. The summed E-state index contributed by atoms with van der Waals surface area (Å²) in [5.41, 5.74) is 3.43. The molecule has 1 fully saturated rings. The molecule has 0 bridgehead atoms. The summed E-state index contributed by atoms with van der Waals surface area (Å²) in [6.07, 6.45) is 0.657. The van der Waals surface area contributed by atoms with E-state index in [1.54, 1.807) is 19.1 Å². The number of carbonyl (C=O) groups is 2. The van der Waals surface area contributed by atoms with E-state index < -0.39 is 0 Å². The Bertz CT molecular complexity index is 1380. The van der Waals surface area contributed by atoms with Crippen LogP contribution in [0.4, 0.5) is 0 Å². The standard InChI is InChI=1S/C29H29N3O4/c1-35-24-10-6-9-21(14-24)17-32-23(13-20-7-4-3-5-8-20)18-31(19-28(32)33)29(34)27-16-22-15-25(36-2)11-12-26(22)30-27/h3-12,14-16,23,30H,13,17-19H2,1-2H3/t23-/m0/s1. The van der Waals surface area contributed by atoms with Crippen molar-refractivity contribution in [2.24, 2.45) is 0 Å². The number of aromatic nitrogens is 1. The molecule has 4 aromatic rings. The quantitative estimate of drug-likeness (QED) is 0.426. The molecule has 1 aliphatic heterocycles. The van der Waals surface area contributed by atoms with Crippen molar-refractivity contribution in [1.82, 2.24) is 14.8 Å². The van der Waals surface area contributed by atoms with E-state index in [0.717, 1.165) is 33.5 Å². The number of nitrogens with zero attached hydrogens (tertiary/aromatic N) is 2. The van der Waals surface area contributed by atoms with Gasteiger partial charge in [0.15, 0.2) is 0 Å². The zero-order valence-electron chi connectivity index (χ0n) is 20.4. The van der Waals surface area contributed by atoms with Gasteiger partial charge >= 0.3 is 0 Å². The van der Waals surface area contributed by atoms with Crippen LogP contribution in [0.1, 0.15) is 21.6 Å². The Balaban J connectivity index is 1.41. The number of benzene rings is 3. The normalized spacial score (nSPS) is 15.8. The predicted octanol–water partition coefficient (Wildman–Crippen LogP) is 4.28. The van der Waals surface area contributed by atoms with Crippen molar-refractivity contribution in [3.8, 4) is 11.5 Å². The highest BCUT2D eigenvalue weighted by molar-refractivity contribution is 6.00. The topological polar surface area (TPSA) is 74.9 Å². The van der Waals surface area contributed by atoms with Crippen LogP contribution in [-0.2, 0) is 17.8 Å². The lowest BCUT2D eigenvalue weighted by Crippen LogP contribution is -2.58. The molecule has 0 radical (unpaired) electrons. The summed E-state index contributed by atoms with van der Waals surface area (Å²) in [6, 6.07) is 25.1. The third kappa shape index (κ3) is 4.91. The van der Waals surface area contributed by atoms with E-state index >= 15 is 0 Å². The number of nitrogens with one attached hydrogen (secondary N) is 1. The molecule has 7 nitrogen and oxygen atoms in total. The molecule has 7 heteroatoms. The lowest BCUT2D eigenvalue weighted by atomic mass is 10.0. The maximum Gasteiger partial charge on any atom is 0.270 e. The van der Waals surface area contributed by atoms with Crippen molar-refractivity contribution >= 4 is 22.7 Å². The Hall–Kier alpha value is -4.26. The minimum atomic E-state index is -0.183. The molecule has 1 aliphatic rings. The number of piperazine rings is 1. The molecule has 2 amide bonds. The fourth-order valence-electron chi connectivity index (χ4n) is 4.80. The summed E-state index contributed by atoms with van der Waals surface area (Å²) < 4.78 is 10.7. The predicted molar refractivity (Wildman–Crippen MR) is 138 cm³/mol. The zero-order valence-corrected chi connectivity index (χ0v) is 20.4. The summed E-state index contributed by atoms with van der Waals surface area (Å²) in [5, 5.41) is 0.890. The van der Waals surface area contributed by atoms with E-state index in [2.05, 4.69) is 17.1 Å². The molecule has 0 unspecified atom stereocenters. The Morgan fingerprint density at radius 1 is 0.917 bits per heavy atom. The average Bonchev–Trinajstić information content (AvgIpc) is 3.34. The van der Waals surface area contributed by atoms with Crippen LogP contribution in [0.5, 0.6) is 11.5 Å². The number of methoxy groups -OCH3 is 2. The fourth-order valence-corrected chi connectivity index (χ4v) is 4.80. The molecule has 36 heavy (non-hydrogen) atoms.